The average molecular weight is 460 g/mol. The van der Waals surface area contributed by atoms with Crippen LogP contribution < -0.4 is 10.6 Å². The lowest BCUT2D eigenvalue weighted by atomic mass is 9.49. The van der Waals surface area contributed by atoms with Crippen molar-refractivity contribution in [3.8, 4) is 0 Å². The minimum Gasteiger partial charge on any atom is -0.344 e. The molecule has 174 valence electrons. The maximum absolute atomic E-state index is 13.2. The van der Waals surface area contributed by atoms with Gasteiger partial charge in [0.25, 0.3) is 0 Å². The molecule has 1 heterocycles. The summed E-state index contributed by atoms with van der Waals surface area (Å²) in [6.07, 6.45) is 8.39. The van der Waals surface area contributed by atoms with Gasteiger partial charge in [-0.25, -0.2) is 8.42 Å². The van der Waals surface area contributed by atoms with Crippen LogP contribution in [0.4, 0.5) is 5.69 Å². The Labute approximate surface area is 190 Å². The van der Waals surface area contributed by atoms with Gasteiger partial charge < -0.3 is 10.6 Å². The number of nitrogens with one attached hydrogen (secondary N) is 2. The zero-order valence-corrected chi connectivity index (χ0v) is 19.5. The smallest absolute Gasteiger partial charge is 0.246 e. The first-order valence-electron chi connectivity index (χ1n) is 12.0. The van der Waals surface area contributed by atoms with Crippen molar-refractivity contribution in [2.45, 2.75) is 69.2 Å². The van der Waals surface area contributed by atoms with E-state index in [4.69, 9.17) is 0 Å². The van der Waals surface area contributed by atoms with Crippen molar-refractivity contribution in [1.82, 2.24) is 9.62 Å². The molecule has 1 aromatic rings. The van der Waals surface area contributed by atoms with Crippen LogP contribution in [0.1, 0.15) is 58.3 Å². The van der Waals surface area contributed by atoms with Crippen LogP contribution in [-0.2, 0) is 19.6 Å². The minimum atomic E-state index is -3.55. The molecule has 1 atom stereocenters. The predicted octanol–water partition coefficient (Wildman–Crippen LogP) is 3.13. The molecular weight excluding hydrogens is 426 g/mol. The predicted molar refractivity (Wildman–Crippen MR) is 121 cm³/mol. The molecule has 7 nitrogen and oxygen atoms in total. The number of hydrogen-bond acceptors (Lipinski definition) is 4. The van der Waals surface area contributed by atoms with Crippen LogP contribution in [0.3, 0.4) is 0 Å². The third-order valence-electron chi connectivity index (χ3n) is 8.07. The molecule has 2 amide bonds. The van der Waals surface area contributed by atoms with Crippen LogP contribution in [0.5, 0.6) is 0 Å². The second-order valence-corrected chi connectivity index (χ2v) is 12.5. The van der Waals surface area contributed by atoms with E-state index in [1.54, 1.807) is 25.1 Å². The Morgan fingerprint density at radius 2 is 1.62 bits per heavy atom. The van der Waals surface area contributed by atoms with Gasteiger partial charge in [0.2, 0.25) is 21.8 Å². The van der Waals surface area contributed by atoms with E-state index >= 15 is 0 Å². The number of sulfonamides is 1. The van der Waals surface area contributed by atoms with Crippen molar-refractivity contribution in [3.63, 3.8) is 0 Å². The lowest BCUT2D eigenvalue weighted by Crippen LogP contribution is -2.56. The Morgan fingerprint density at radius 3 is 2.22 bits per heavy atom. The highest BCUT2D eigenvalue weighted by Gasteiger charge is 2.54. The maximum atomic E-state index is 13.2. The van der Waals surface area contributed by atoms with Gasteiger partial charge >= 0.3 is 0 Å². The summed E-state index contributed by atoms with van der Waals surface area (Å²) < 4.78 is 27.1. The summed E-state index contributed by atoms with van der Waals surface area (Å²) in [7, 11) is -3.55. The Bertz CT molecular complexity index is 981. The van der Waals surface area contributed by atoms with Gasteiger partial charge in [-0.1, -0.05) is 6.07 Å². The van der Waals surface area contributed by atoms with Gasteiger partial charge in [-0.3, -0.25) is 9.59 Å². The summed E-state index contributed by atoms with van der Waals surface area (Å²) in [6.45, 7) is 2.76. The SMILES string of the molecule is CC(NC(=O)C12CC3CC(CC(C3)C1)C2)C(=O)Nc1cccc(S(=O)(=O)N2CCCC2)c1. The minimum absolute atomic E-state index is 0.0182. The summed E-state index contributed by atoms with van der Waals surface area (Å²) >= 11 is 0. The van der Waals surface area contributed by atoms with Gasteiger partial charge in [0.1, 0.15) is 6.04 Å². The summed E-state index contributed by atoms with van der Waals surface area (Å²) in [5.74, 6) is 1.67. The van der Waals surface area contributed by atoms with Gasteiger partial charge in [0, 0.05) is 24.2 Å². The number of rotatable bonds is 6. The Hall–Kier alpha value is -1.93. The molecule has 6 rings (SSSR count). The fourth-order valence-electron chi connectivity index (χ4n) is 6.87. The highest BCUT2D eigenvalue weighted by Crippen LogP contribution is 2.60. The number of hydrogen-bond donors (Lipinski definition) is 2. The molecule has 1 saturated heterocycles. The van der Waals surface area contributed by atoms with E-state index in [-0.39, 0.29) is 22.1 Å². The molecule has 0 aromatic heterocycles. The van der Waals surface area contributed by atoms with E-state index in [2.05, 4.69) is 10.6 Å². The van der Waals surface area contributed by atoms with Gasteiger partial charge in [-0.2, -0.15) is 4.31 Å². The number of carbonyl (C=O) groups excluding carboxylic acids is 2. The van der Waals surface area contributed by atoms with Gasteiger partial charge in [0.05, 0.1) is 4.90 Å². The van der Waals surface area contributed by atoms with Crippen molar-refractivity contribution < 1.29 is 18.0 Å². The highest BCUT2D eigenvalue weighted by molar-refractivity contribution is 7.89. The van der Waals surface area contributed by atoms with E-state index in [1.165, 1.54) is 29.6 Å². The van der Waals surface area contributed by atoms with Crippen LogP contribution >= 0.6 is 0 Å². The summed E-state index contributed by atoms with van der Waals surface area (Å²) in [6, 6.07) is 5.68. The standard InChI is InChI=1S/C24H33N3O4S/c1-16(25-23(29)24-13-17-9-18(14-24)11-19(10-17)15-24)22(28)26-20-5-4-6-21(12-20)32(30,31)27-7-2-3-8-27/h4-6,12,16-19H,2-3,7-11,13-15H2,1H3,(H,25,29)(H,26,28). The van der Waals surface area contributed by atoms with E-state index in [0.29, 0.717) is 36.5 Å². The van der Waals surface area contributed by atoms with Gasteiger partial charge in [-0.05, 0) is 94.2 Å². The molecule has 0 radical (unpaired) electrons. The second kappa shape index (κ2) is 8.13. The molecule has 8 heteroatoms. The number of nitrogens with zero attached hydrogens (tertiary/aromatic N) is 1. The molecule has 0 spiro atoms. The van der Waals surface area contributed by atoms with Gasteiger partial charge in [-0.15, -0.1) is 0 Å². The number of amides is 2. The third-order valence-corrected chi connectivity index (χ3v) is 9.96. The van der Waals surface area contributed by atoms with E-state index in [1.807, 2.05) is 0 Å². The van der Waals surface area contributed by atoms with Crippen LogP contribution in [0.15, 0.2) is 29.2 Å². The molecule has 1 aromatic carbocycles. The largest absolute Gasteiger partial charge is 0.344 e. The van der Waals surface area contributed by atoms with E-state index in [9.17, 15) is 18.0 Å². The number of benzene rings is 1. The zero-order chi connectivity index (χ0) is 22.5. The second-order valence-electron chi connectivity index (χ2n) is 10.5. The Balaban J connectivity index is 1.23. The van der Waals surface area contributed by atoms with Crippen LogP contribution in [0.25, 0.3) is 0 Å². The molecule has 1 aliphatic heterocycles. The number of anilines is 1. The zero-order valence-electron chi connectivity index (χ0n) is 18.7. The lowest BCUT2D eigenvalue weighted by molar-refractivity contribution is -0.147. The Kier molecular flexibility index (Phi) is 5.56. The number of carbonyl (C=O) groups is 2. The molecular formula is C24H33N3O4S. The summed E-state index contributed by atoms with van der Waals surface area (Å²) in [5, 5.41) is 5.76. The molecule has 2 N–H and O–H groups in total. The summed E-state index contributed by atoms with van der Waals surface area (Å²) in [4.78, 5) is 26.2. The quantitative estimate of drug-likeness (QED) is 0.683. The van der Waals surface area contributed by atoms with Crippen molar-refractivity contribution in [1.29, 1.82) is 0 Å². The van der Waals surface area contributed by atoms with Crippen molar-refractivity contribution >= 4 is 27.5 Å². The molecule has 32 heavy (non-hydrogen) atoms. The fraction of sp³-hybridized carbons (Fsp3) is 0.667. The monoisotopic (exact) mass is 459 g/mol. The first-order chi connectivity index (χ1) is 15.2. The first kappa shape index (κ1) is 21.9. The highest BCUT2D eigenvalue weighted by atomic mass is 32.2. The third kappa shape index (κ3) is 3.96. The van der Waals surface area contributed by atoms with E-state index in [0.717, 1.165) is 32.1 Å². The van der Waals surface area contributed by atoms with Crippen molar-refractivity contribution in [2.75, 3.05) is 18.4 Å². The molecule has 4 aliphatic carbocycles. The van der Waals surface area contributed by atoms with Gasteiger partial charge in [0.15, 0.2) is 0 Å². The fourth-order valence-corrected chi connectivity index (χ4v) is 8.43. The average Bonchev–Trinajstić information content (AvgIpc) is 3.29. The maximum Gasteiger partial charge on any atom is 0.246 e. The van der Waals surface area contributed by atoms with E-state index < -0.39 is 16.1 Å². The molecule has 5 aliphatic rings. The van der Waals surface area contributed by atoms with Crippen LogP contribution in [0.2, 0.25) is 0 Å². The van der Waals surface area contributed by atoms with Crippen molar-refractivity contribution in [3.05, 3.63) is 24.3 Å². The van der Waals surface area contributed by atoms with Crippen LogP contribution in [0, 0.1) is 23.2 Å². The van der Waals surface area contributed by atoms with Crippen LogP contribution in [-0.4, -0.2) is 43.7 Å². The molecule has 4 saturated carbocycles. The van der Waals surface area contributed by atoms with Crippen molar-refractivity contribution in [2.24, 2.45) is 23.2 Å². The lowest BCUT2D eigenvalue weighted by Gasteiger charge is -2.55. The molecule has 1 unspecified atom stereocenters. The topological polar surface area (TPSA) is 95.6 Å². The summed E-state index contributed by atoms with van der Waals surface area (Å²) in [5.41, 5.74) is 0.124. The molecule has 4 bridgehead atoms. The molecule has 5 fully saturated rings. The normalized spacial score (nSPS) is 32.6. The first-order valence-corrected chi connectivity index (χ1v) is 13.4. The Morgan fingerprint density at radius 1 is 1.03 bits per heavy atom.